The first-order valence-corrected chi connectivity index (χ1v) is 8.77. The van der Waals surface area contributed by atoms with Gasteiger partial charge in [0.05, 0.1) is 31.2 Å². The molecule has 1 aromatic carbocycles. The van der Waals surface area contributed by atoms with E-state index in [4.69, 9.17) is 9.26 Å². The van der Waals surface area contributed by atoms with E-state index in [0.29, 0.717) is 17.0 Å². The first kappa shape index (κ1) is 18.5. The molecular formula is C19H24FN3O3. The van der Waals surface area contributed by atoms with Crippen LogP contribution in [0.25, 0.3) is 11.3 Å². The van der Waals surface area contributed by atoms with Gasteiger partial charge in [-0.1, -0.05) is 24.2 Å². The number of halogens is 1. The Morgan fingerprint density at radius 3 is 2.81 bits per heavy atom. The summed E-state index contributed by atoms with van der Waals surface area (Å²) in [4.78, 5) is 0. The van der Waals surface area contributed by atoms with Crippen LogP contribution in [0.5, 0.6) is 0 Å². The predicted octanol–water partition coefficient (Wildman–Crippen LogP) is 3.17. The van der Waals surface area contributed by atoms with Crippen molar-refractivity contribution >= 4 is 6.21 Å². The monoisotopic (exact) mass is 361 g/mol. The van der Waals surface area contributed by atoms with Crippen molar-refractivity contribution < 1.29 is 18.8 Å². The highest BCUT2D eigenvalue weighted by atomic mass is 19.1. The Morgan fingerprint density at radius 2 is 2.15 bits per heavy atom. The Bertz CT molecular complexity index is 773. The lowest BCUT2D eigenvalue weighted by atomic mass is 9.94. The quantitative estimate of drug-likeness (QED) is 0.820. The fourth-order valence-electron chi connectivity index (χ4n) is 3.39. The van der Waals surface area contributed by atoms with Crippen molar-refractivity contribution in [3.05, 3.63) is 41.4 Å². The van der Waals surface area contributed by atoms with Gasteiger partial charge in [-0.05, 0) is 25.5 Å². The molecule has 0 bridgehead atoms. The molecule has 3 rings (SSSR count). The van der Waals surface area contributed by atoms with Crippen LogP contribution in [0.15, 0.2) is 33.9 Å². The minimum atomic E-state index is -0.356. The van der Waals surface area contributed by atoms with Gasteiger partial charge in [-0.15, -0.1) is 0 Å². The summed E-state index contributed by atoms with van der Waals surface area (Å²) in [6.45, 7) is 4.33. The molecule has 1 aliphatic rings. The van der Waals surface area contributed by atoms with Crippen molar-refractivity contribution in [1.29, 1.82) is 0 Å². The first-order valence-electron chi connectivity index (χ1n) is 8.77. The summed E-state index contributed by atoms with van der Waals surface area (Å²) in [6, 6.07) is 6.41. The van der Waals surface area contributed by atoms with Crippen LogP contribution >= 0.6 is 0 Å². The van der Waals surface area contributed by atoms with Gasteiger partial charge in [0.2, 0.25) is 0 Å². The zero-order valence-corrected chi connectivity index (χ0v) is 15.2. The minimum absolute atomic E-state index is 0.0101. The van der Waals surface area contributed by atoms with Gasteiger partial charge in [-0.2, -0.15) is 5.10 Å². The molecule has 0 radical (unpaired) electrons. The second-order valence-corrected chi connectivity index (χ2v) is 6.44. The van der Waals surface area contributed by atoms with E-state index >= 15 is 0 Å². The molecule has 26 heavy (non-hydrogen) atoms. The second-order valence-electron chi connectivity index (χ2n) is 6.44. The smallest absolute Gasteiger partial charge is 0.153 e. The number of ether oxygens (including phenoxy) is 1. The summed E-state index contributed by atoms with van der Waals surface area (Å²) in [6.07, 6.45) is 2.58. The van der Waals surface area contributed by atoms with Crippen LogP contribution in [-0.2, 0) is 11.3 Å². The number of benzene rings is 1. The summed E-state index contributed by atoms with van der Waals surface area (Å²) < 4.78 is 25.2. The average molecular weight is 361 g/mol. The summed E-state index contributed by atoms with van der Waals surface area (Å²) in [7, 11) is 1.58. The third kappa shape index (κ3) is 3.24. The third-order valence-electron chi connectivity index (χ3n) is 4.89. The van der Waals surface area contributed by atoms with Gasteiger partial charge < -0.3 is 14.4 Å². The molecule has 0 saturated heterocycles. The molecule has 1 aromatic heterocycles. The molecule has 2 aromatic rings. The number of hydrogen-bond acceptors (Lipinski definition) is 6. The van der Waals surface area contributed by atoms with Gasteiger partial charge in [0.25, 0.3) is 0 Å². The van der Waals surface area contributed by atoms with E-state index in [1.54, 1.807) is 31.5 Å². The van der Waals surface area contributed by atoms with Gasteiger partial charge >= 0.3 is 0 Å². The molecule has 7 heteroatoms. The van der Waals surface area contributed by atoms with Crippen LogP contribution in [0.2, 0.25) is 0 Å². The van der Waals surface area contributed by atoms with Crippen molar-refractivity contribution in [2.24, 2.45) is 5.10 Å². The van der Waals surface area contributed by atoms with Gasteiger partial charge in [-0.25, -0.2) is 4.39 Å². The van der Waals surface area contributed by atoms with Crippen LogP contribution in [0, 0.1) is 5.82 Å². The van der Waals surface area contributed by atoms with Crippen molar-refractivity contribution in [2.75, 3.05) is 13.7 Å². The molecular weight excluding hydrogens is 337 g/mol. The predicted molar refractivity (Wildman–Crippen MR) is 96.3 cm³/mol. The molecule has 0 fully saturated rings. The SMILES string of the molecule is CCC(CO)N1N=CC(c2onc(-c3ccccc3F)c2COC)C1C. The maximum atomic E-state index is 14.2. The van der Waals surface area contributed by atoms with Crippen molar-refractivity contribution in [1.82, 2.24) is 10.2 Å². The van der Waals surface area contributed by atoms with E-state index < -0.39 is 0 Å². The number of hydrazone groups is 1. The van der Waals surface area contributed by atoms with Gasteiger partial charge in [0.1, 0.15) is 11.5 Å². The standard InChI is InChI=1S/C19H24FN3O3/c1-4-13(10-24)23-12(2)15(9-21-23)19-16(11-25-3)18(22-26-19)14-7-5-6-8-17(14)20/h5-9,12-13,15,24H,4,10-11H2,1-3H3. The van der Waals surface area contributed by atoms with E-state index in [0.717, 1.165) is 12.0 Å². The summed E-state index contributed by atoms with van der Waals surface area (Å²) >= 11 is 0. The van der Waals surface area contributed by atoms with Gasteiger partial charge in [0, 0.05) is 24.5 Å². The fourth-order valence-corrected chi connectivity index (χ4v) is 3.39. The fraction of sp³-hybridized carbons (Fsp3) is 0.474. The number of nitrogens with zero attached hydrogens (tertiary/aromatic N) is 3. The van der Waals surface area contributed by atoms with Crippen LogP contribution in [-0.4, -0.2) is 47.3 Å². The maximum absolute atomic E-state index is 14.2. The van der Waals surface area contributed by atoms with Crippen LogP contribution in [0.3, 0.4) is 0 Å². The molecule has 2 heterocycles. The zero-order chi connectivity index (χ0) is 18.7. The second kappa shape index (κ2) is 7.97. The van der Waals surface area contributed by atoms with E-state index in [1.807, 2.05) is 18.9 Å². The Hall–Kier alpha value is -2.25. The van der Waals surface area contributed by atoms with E-state index in [9.17, 15) is 9.50 Å². The van der Waals surface area contributed by atoms with Crippen LogP contribution < -0.4 is 0 Å². The normalized spacial score (nSPS) is 20.7. The third-order valence-corrected chi connectivity index (χ3v) is 4.89. The molecule has 140 valence electrons. The number of rotatable bonds is 7. The minimum Gasteiger partial charge on any atom is -0.394 e. The van der Waals surface area contributed by atoms with E-state index in [2.05, 4.69) is 10.3 Å². The van der Waals surface area contributed by atoms with Crippen molar-refractivity contribution in [2.45, 2.75) is 44.9 Å². The maximum Gasteiger partial charge on any atom is 0.153 e. The molecule has 0 saturated carbocycles. The van der Waals surface area contributed by atoms with Gasteiger partial charge in [0.15, 0.2) is 5.76 Å². The Morgan fingerprint density at radius 1 is 1.38 bits per heavy atom. The van der Waals surface area contributed by atoms with Crippen molar-refractivity contribution in [3.63, 3.8) is 0 Å². The topological polar surface area (TPSA) is 71.1 Å². The highest BCUT2D eigenvalue weighted by Gasteiger charge is 2.37. The summed E-state index contributed by atoms with van der Waals surface area (Å²) in [5, 5.41) is 20.1. The number of aliphatic hydroxyl groups is 1. The molecule has 3 unspecified atom stereocenters. The lowest BCUT2D eigenvalue weighted by Crippen LogP contribution is -2.39. The molecule has 1 aliphatic heterocycles. The molecule has 3 atom stereocenters. The van der Waals surface area contributed by atoms with Crippen LogP contribution in [0.1, 0.15) is 37.5 Å². The molecule has 0 aliphatic carbocycles. The van der Waals surface area contributed by atoms with Gasteiger partial charge in [-0.3, -0.25) is 5.01 Å². The van der Waals surface area contributed by atoms with Crippen molar-refractivity contribution in [3.8, 4) is 11.3 Å². The average Bonchev–Trinajstić information content (AvgIpc) is 3.21. The molecule has 6 nitrogen and oxygen atoms in total. The Labute approximate surface area is 152 Å². The lowest BCUT2D eigenvalue weighted by molar-refractivity contribution is 0.0954. The Kier molecular flexibility index (Phi) is 5.68. The Balaban J connectivity index is 1.97. The number of aliphatic hydroxyl groups excluding tert-OH is 1. The molecule has 1 N–H and O–H groups in total. The highest BCUT2D eigenvalue weighted by Crippen LogP contribution is 2.36. The van der Waals surface area contributed by atoms with Crippen LogP contribution in [0.4, 0.5) is 4.39 Å². The first-order chi connectivity index (χ1) is 12.6. The molecule has 0 amide bonds. The van der Waals surface area contributed by atoms with E-state index in [1.165, 1.54) is 6.07 Å². The largest absolute Gasteiger partial charge is 0.394 e. The zero-order valence-electron chi connectivity index (χ0n) is 15.2. The molecule has 0 spiro atoms. The summed E-state index contributed by atoms with van der Waals surface area (Å²) in [5.41, 5.74) is 1.56. The number of hydrogen-bond donors (Lipinski definition) is 1. The lowest BCUT2D eigenvalue weighted by Gasteiger charge is -2.30. The van der Waals surface area contributed by atoms with E-state index in [-0.39, 0.29) is 37.0 Å². The highest BCUT2D eigenvalue weighted by molar-refractivity contribution is 5.73. The summed E-state index contributed by atoms with van der Waals surface area (Å²) in [5.74, 6) is 0.121. The number of methoxy groups -OCH3 is 1. The number of aromatic nitrogens is 1.